The van der Waals surface area contributed by atoms with E-state index in [1.807, 2.05) is 12.1 Å². The molecule has 0 fully saturated rings. The van der Waals surface area contributed by atoms with Crippen LogP contribution in [-0.4, -0.2) is 10.2 Å². The first-order chi connectivity index (χ1) is 10.6. The third-order valence-electron chi connectivity index (χ3n) is 3.68. The van der Waals surface area contributed by atoms with Gasteiger partial charge in [0.1, 0.15) is 17.3 Å². The molecular weight excluding hydrogens is 279 g/mol. The van der Waals surface area contributed by atoms with E-state index in [9.17, 15) is 14.6 Å². The molecule has 2 N–H and O–H groups in total. The van der Waals surface area contributed by atoms with Crippen LogP contribution >= 0.6 is 0 Å². The molecule has 0 aromatic heterocycles. The van der Waals surface area contributed by atoms with Gasteiger partial charge in [-0.1, -0.05) is 42.5 Å². The Morgan fingerprint density at radius 1 is 0.682 bits per heavy atom. The molecule has 3 aromatic rings. The largest absolute Gasteiger partial charge is 0.508 e. The summed E-state index contributed by atoms with van der Waals surface area (Å²) in [5, 5.41) is 19.7. The van der Waals surface area contributed by atoms with Crippen LogP contribution in [0, 0.1) is 5.82 Å². The third kappa shape index (κ3) is 2.79. The molecule has 1 unspecified atom stereocenters. The standard InChI is InChI=1S/C19H15FO2/c20-15-9-5-13(6-10-15)19(14-7-11-16(21)12-8-14)17-3-1-2-4-18(17)22/h1-12,19,21-22H. The number of hydrogen-bond donors (Lipinski definition) is 2. The highest BCUT2D eigenvalue weighted by Gasteiger charge is 2.19. The molecule has 3 rings (SSSR count). The molecule has 0 aliphatic rings. The lowest BCUT2D eigenvalue weighted by Gasteiger charge is -2.20. The average Bonchev–Trinajstić information content (AvgIpc) is 2.53. The monoisotopic (exact) mass is 294 g/mol. The minimum Gasteiger partial charge on any atom is -0.508 e. The van der Waals surface area contributed by atoms with Gasteiger partial charge in [-0.15, -0.1) is 0 Å². The normalized spacial score (nSPS) is 12.0. The van der Waals surface area contributed by atoms with Crippen LogP contribution < -0.4 is 0 Å². The smallest absolute Gasteiger partial charge is 0.123 e. The zero-order valence-electron chi connectivity index (χ0n) is 11.8. The van der Waals surface area contributed by atoms with E-state index in [2.05, 4.69) is 0 Å². The van der Waals surface area contributed by atoms with Gasteiger partial charge < -0.3 is 10.2 Å². The van der Waals surface area contributed by atoms with Crippen molar-refractivity contribution in [3.8, 4) is 11.5 Å². The molecule has 110 valence electrons. The van der Waals surface area contributed by atoms with Crippen molar-refractivity contribution in [3.63, 3.8) is 0 Å². The van der Waals surface area contributed by atoms with Crippen LogP contribution in [0.2, 0.25) is 0 Å². The van der Waals surface area contributed by atoms with Gasteiger partial charge in [-0.3, -0.25) is 0 Å². The maximum absolute atomic E-state index is 13.2. The number of phenols is 2. The Morgan fingerprint density at radius 3 is 1.82 bits per heavy atom. The highest BCUT2D eigenvalue weighted by atomic mass is 19.1. The molecule has 3 aromatic carbocycles. The molecule has 0 spiro atoms. The van der Waals surface area contributed by atoms with Crippen LogP contribution in [0.25, 0.3) is 0 Å². The van der Waals surface area contributed by atoms with Crippen LogP contribution in [0.15, 0.2) is 72.8 Å². The molecule has 0 aliphatic carbocycles. The molecular formula is C19H15FO2. The number of para-hydroxylation sites is 1. The summed E-state index contributed by atoms with van der Waals surface area (Å²) in [4.78, 5) is 0. The highest BCUT2D eigenvalue weighted by Crippen LogP contribution is 2.37. The molecule has 2 nitrogen and oxygen atoms in total. The van der Waals surface area contributed by atoms with Crippen LogP contribution in [0.1, 0.15) is 22.6 Å². The molecule has 22 heavy (non-hydrogen) atoms. The summed E-state index contributed by atoms with van der Waals surface area (Å²) in [6.45, 7) is 0. The van der Waals surface area contributed by atoms with Crippen molar-refractivity contribution in [1.82, 2.24) is 0 Å². The van der Waals surface area contributed by atoms with E-state index in [4.69, 9.17) is 0 Å². The number of aromatic hydroxyl groups is 2. The second kappa shape index (κ2) is 5.90. The Hall–Kier alpha value is -2.81. The number of halogens is 1. The van der Waals surface area contributed by atoms with Gasteiger partial charge in [-0.2, -0.15) is 0 Å². The predicted molar refractivity (Wildman–Crippen MR) is 83.6 cm³/mol. The Morgan fingerprint density at radius 2 is 1.23 bits per heavy atom. The van der Waals surface area contributed by atoms with Crippen molar-refractivity contribution >= 4 is 0 Å². The van der Waals surface area contributed by atoms with Gasteiger partial charge in [0.25, 0.3) is 0 Å². The van der Waals surface area contributed by atoms with Gasteiger partial charge >= 0.3 is 0 Å². The Bertz CT molecular complexity index is 719. The fourth-order valence-electron chi connectivity index (χ4n) is 2.61. The first kappa shape index (κ1) is 14.1. The van der Waals surface area contributed by atoms with E-state index in [1.165, 1.54) is 12.1 Å². The fraction of sp³-hybridized carbons (Fsp3) is 0.0526. The minimum absolute atomic E-state index is 0.180. The summed E-state index contributed by atoms with van der Waals surface area (Å²) in [7, 11) is 0. The topological polar surface area (TPSA) is 40.5 Å². The van der Waals surface area contributed by atoms with Crippen LogP contribution in [0.3, 0.4) is 0 Å². The molecule has 0 saturated carbocycles. The van der Waals surface area contributed by atoms with E-state index >= 15 is 0 Å². The molecule has 1 atom stereocenters. The first-order valence-corrected chi connectivity index (χ1v) is 6.97. The lowest BCUT2D eigenvalue weighted by Crippen LogP contribution is -2.03. The summed E-state index contributed by atoms with van der Waals surface area (Å²) < 4.78 is 13.2. The van der Waals surface area contributed by atoms with Crippen molar-refractivity contribution in [2.45, 2.75) is 5.92 Å². The number of phenolic OH excluding ortho intramolecular Hbond substituents is 2. The number of hydrogen-bond acceptors (Lipinski definition) is 2. The summed E-state index contributed by atoms with van der Waals surface area (Å²) in [5.41, 5.74) is 2.51. The summed E-state index contributed by atoms with van der Waals surface area (Å²) in [5.74, 6) is -0.170. The first-order valence-electron chi connectivity index (χ1n) is 6.97. The second-order valence-electron chi connectivity index (χ2n) is 5.13. The Kier molecular flexibility index (Phi) is 3.79. The number of rotatable bonds is 3. The van der Waals surface area contributed by atoms with E-state index in [0.717, 1.165) is 16.7 Å². The molecule has 0 radical (unpaired) electrons. The predicted octanol–water partition coefficient (Wildman–Crippen LogP) is 4.42. The maximum atomic E-state index is 13.2. The lowest BCUT2D eigenvalue weighted by atomic mass is 9.84. The Balaban J connectivity index is 2.16. The van der Waals surface area contributed by atoms with E-state index in [0.29, 0.717) is 0 Å². The van der Waals surface area contributed by atoms with Crippen molar-refractivity contribution in [3.05, 3.63) is 95.3 Å². The summed E-state index contributed by atoms with van der Waals surface area (Å²) >= 11 is 0. The maximum Gasteiger partial charge on any atom is 0.123 e. The lowest BCUT2D eigenvalue weighted by molar-refractivity contribution is 0.467. The van der Waals surface area contributed by atoms with Crippen molar-refractivity contribution in [2.75, 3.05) is 0 Å². The zero-order valence-corrected chi connectivity index (χ0v) is 11.8. The van der Waals surface area contributed by atoms with E-state index in [-0.39, 0.29) is 23.2 Å². The van der Waals surface area contributed by atoms with Gasteiger partial charge in [-0.25, -0.2) is 4.39 Å². The van der Waals surface area contributed by atoms with Crippen LogP contribution in [0.5, 0.6) is 11.5 Å². The molecule has 0 bridgehead atoms. The third-order valence-corrected chi connectivity index (χ3v) is 3.68. The minimum atomic E-state index is -0.300. The van der Waals surface area contributed by atoms with Gasteiger partial charge in [0.15, 0.2) is 0 Å². The molecule has 3 heteroatoms. The van der Waals surface area contributed by atoms with Crippen LogP contribution in [-0.2, 0) is 0 Å². The molecule has 0 heterocycles. The fourth-order valence-corrected chi connectivity index (χ4v) is 2.61. The molecule has 0 amide bonds. The zero-order chi connectivity index (χ0) is 15.5. The highest BCUT2D eigenvalue weighted by molar-refractivity contribution is 5.49. The molecule has 0 saturated heterocycles. The van der Waals surface area contributed by atoms with Crippen molar-refractivity contribution in [2.24, 2.45) is 0 Å². The second-order valence-corrected chi connectivity index (χ2v) is 5.13. The van der Waals surface area contributed by atoms with Gasteiger partial charge in [-0.05, 0) is 41.5 Å². The van der Waals surface area contributed by atoms with E-state index < -0.39 is 0 Å². The Labute approximate surface area is 128 Å². The molecule has 0 aliphatic heterocycles. The van der Waals surface area contributed by atoms with Gasteiger partial charge in [0.05, 0.1) is 0 Å². The summed E-state index contributed by atoms with van der Waals surface area (Å²) in [6.07, 6.45) is 0. The number of benzene rings is 3. The average molecular weight is 294 g/mol. The van der Waals surface area contributed by atoms with Crippen molar-refractivity contribution < 1.29 is 14.6 Å². The van der Waals surface area contributed by atoms with Crippen molar-refractivity contribution in [1.29, 1.82) is 0 Å². The summed E-state index contributed by atoms with van der Waals surface area (Å²) in [6, 6.07) is 20.1. The SMILES string of the molecule is Oc1ccc(C(c2ccc(F)cc2)c2ccccc2O)cc1. The quantitative estimate of drug-likeness (QED) is 0.702. The van der Waals surface area contributed by atoms with Gasteiger partial charge in [0, 0.05) is 11.5 Å². The van der Waals surface area contributed by atoms with E-state index in [1.54, 1.807) is 48.5 Å². The van der Waals surface area contributed by atoms with Crippen LogP contribution in [0.4, 0.5) is 4.39 Å². The van der Waals surface area contributed by atoms with Gasteiger partial charge in [0.2, 0.25) is 0 Å².